The molecule has 33 heavy (non-hydrogen) atoms. The minimum Gasteiger partial charge on any atom is -0.456 e. The minimum atomic E-state index is -0.546. The van der Waals surface area contributed by atoms with Gasteiger partial charge in [-0.2, -0.15) is 0 Å². The second-order valence-corrected chi connectivity index (χ2v) is 10.5. The van der Waals surface area contributed by atoms with Crippen LogP contribution < -0.4 is 0 Å². The molecule has 1 atom stereocenters. The maximum absolute atomic E-state index is 12.4. The van der Waals surface area contributed by atoms with Crippen molar-refractivity contribution < 1.29 is 23.9 Å². The average Bonchev–Trinajstić information content (AvgIpc) is 2.68. The number of rotatable bonds is 8. The van der Waals surface area contributed by atoms with Crippen LogP contribution in [-0.4, -0.2) is 29.4 Å². The average molecular weight is 453 g/mol. The number of ether oxygens (including phenoxy) is 2. The van der Waals surface area contributed by atoms with Gasteiger partial charge in [0, 0.05) is 5.92 Å². The number of benzene rings is 2. The molecule has 0 aliphatic rings. The molecule has 178 valence electrons. The van der Waals surface area contributed by atoms with Crippen LogP contribution in [0.1, 0.15) is 85.4 Å². The van der Waals surface area contributed by atoms with Gasteiger partial charge in [0.1, 0.15) is 17.5 Å². The summed E-state index contributed by atoms with van der Waals surface area (Å²) < 4.78 is 10.8. The number of esters is 2. The fraction of sp³-hybridized carbons (Fsp3) is 0.464. The summed E-state index contributed by atoms with van der Waals surface area (Å²) >= 11 is 0. The first-order valence-corrected chi connectivity index (χ1v) is 11.4. The molecule has 0 saturated carbocycles. The first-order valence-electron chi connectivity index (χ1n) is 11.4. The predicted molar refractivity (Wildman–Crippen MR) is 130 cm³/mol. The van der Waals surface area contributed by atoms with Gasteiger partial charge < -0.3 is 14.3 Å². The topological polar surface area (TPSA) is 69.7 Å². The third kappa shape index (κ3) is 8.83. The standard InChI is InChI=1S/C28H36O5/c1-19-16-21(12-15-24(19)26(31)33-28(5,6)7)17-22(18-29)9-8-20-10-13-23(14-11-20)25(30)32-27(2,3)4/h10-16,18,22H,8-9,17H2,1-7H3. The molecular formula is C28H36O5. The van der Waals surface area contributed by atoms with E-state index in [4.69, 9.17) is 9.47 Å². The summed E-state index contributed by atoms with van der Waals surface area (Å²) in [6, 6.07) is 12.9. The fourth-order valence-corrected chi connectivity index (χ4v) is 3.43. The molecule has 0 saturated heterocycles. The highest BCUT2D eigenvalue weighted by atomic mass is 16.6. The van der Waals surface area contributed by atoms with Crippen molar-refractivity contribution in [3.05, 3.63) is 70.3 Å². The van der Waals surface area contributed by atoms with Crippen LogP contribution in [0.25, 0.3) is 0 Å². The summed E-state index contributed by atoms with van der Waals surface area (Å²) in [6.07, 6.45) is 3.02. The molecule has 2 aromatic carbocycles. The van der Waals surface area contributed by atoms with Crippen LogP contribution in [0, 0.1) is 12.8 Å². The molecule has 0 radical (unpaired) electrons. The van der Waals surface area contributed by atoms with Crippen LogP contribution in [0.15, 0.2) is 42.5 Å². The van der Waals surface area contributed by atoms with Crippen molar-refractivity contribution in [3.8, 4) is 0 Å². The van der Waals surface area contributed by atoms with Crippen LogP contribution >= 0.6 is 0 Å². The number of aryl methyl sites for hydroxylation is 2. The van der Waals surface area contributed by atoms with Gasteiger partial charge in [0.15, 0.2) is 0 Å². The van der Waals surface area contributed by atoms with Crippen molar-refractivity contribution in [1.82, 2.24) is 0 Å². The van der Waals surface area contributed by atoms with E-state index in [-0.39, 0.29) is 17.9 Å². The highest BCUT2D eigenvalue weighted by Crippen LogP contribution is 2.20. The molecule has 0 amide bonds. The van der Waals surface area contributed by atoms with Crippen LogP contribution in [0.2, 0.25) is 0 Å². The fourth-order valence-electron chi connectivity index (χ4n) is 3.43. The Kier molecular flexibility index (Phi) is 8.59. The number of carbonyl (C=O) groups is 3. The largest absolute Gasteiger partial charge is 0.456 e. The van der Waals surface area contributed by atoms with Gasteiger partial charge in [-0.1, -0.05) is 24.3 Å². The molecule has 2 rings (SSSR count). The SMILES string of the molecule is Cc1cc(CC(C=O)CCc2ccc(C(=O)OC(C)(C)C)cc2)ccc1C(=O)OC(C)(C)C. The molecule has 5 heteroatoms. The maximum Gasteiger partial charge on any atom is 0.338 e. The van der Waals surface area contributed by atoms with E-state index in [1.165, 1.54) is 0 Å². The van der Waals surface area contributed by atoms with Crippen molar-refractivity contribution in [3.63, 3.8) is 0 Å². The molecule has 0 aliphatic heterocycles. The van der Waals surface area contributed by atoms with E-state index < -0.39 is 11.2 Å². The molecule has 1 unspecified atom stereocenters. The van der Waals surface area contributed by atoms with E-state index in [0.29, 0.717) is 24.0 Å². The smallest absolute Gasteiger partial charge is 0.338 e. The Bertz CT molecular complexity index is 975. The van der Waals surface area contributed by atoms with Crippen LogP contribution in [0.3, 0.4) is 0 Å². The lowest BCUT2D eigenvalue weighted by Gasteiger charge is -2.20. The second kappa shape index (κ2) is 10.8. The Hall–Kier alpha value is -2.95. The molecule has 0 spiro atoms. The first-order chi connectivity index (χ1) is 15.3. The Morgan fingerprint density at radius 1 is 0.848 bits per heavy atom. The lowest BCUT2D eigenvalue weighted by molar-refractivity contribution is -0.111. The van der Waals surface area contributed by atoms with E-state index in [9.17, 15) is 14.4 Å². The van der Waals surface area contributed by atoms with Crippen LogP contribution in [0.5, 0.6) is 0 Å². The number of aldehydes is 1. The number of hydrogen-bond donors (Lipinski definition) is 0. The first kappa shape index (κ1) is 26.3. The molecule has 0 N–H and O–H groups in total. The van der Waals surface area contributed by atoms with E-state index in [1.54, 1.807) is 18.2 Å². The summed E-state index contributed by atoms with van der Waals surface area (Å²) in [7, 11) is 0. The van der Waals surface area contributed by atoms with Crippen molar-refractivity contribution in [2.75, 3.05) is 0 Å². The lowest BCUT2D eigenvalue weighted by atomic mass is 9.92. The van der Waals surface area contributed by atoms with Crippen molar-refractivity contribution >= 4 is 18.2 Å². The lowest BCUT2D eigenvalue weighted by Crippen LogP contribution is -2.24. The molecule has 0 fully saturated rings. The van der Waals surface area contributed by atoms with Gasteiger partial charge in [0.2, 0.25) is 0 Å². The number of carbonyl (C=O) groups excluding carboxylic acids is 3. The van der Waals surface area contributed by atoms with Gasteiger partial charge in [-0.05, 0) is 103 Å². The summed E-state index contributed by atoms with van der Waals surface area (Å²) in [5.74, 6) is -0.819. The van der Waals surface area contributed by atoms with Crippen LogP contribution in [0.4, 0.5) is 0 Å². The highest BCUT2D eigenvalue weighted by Gasteiger charge is 2.20. The Balaban J connectivity index is 1.96. The van der Waals surface area contributed by atoms with E-state index >= 15 is 0 Å². The van der Waals surface area contributed by atoms with Gasteiger partial charge in [0.25, 0.3) is 0 Å². The Labute approximate surface area is 197 Å². The molecule has 0 aromatic heterocycles. The van der Waals surface area contributed by atoms with Gasteiger partial charge in [-0.15, -0.1) is 0 Å². The molecule has 0 heterocycles. The second-order valence-electron chi connectivity index (χ2n) is 10.5. The zero-order valence-corrected chi connectivity index (χ0v) is 20.9. The van der Waals surface area contributed by atoms with Gasteiger partial charge in [-0.3, -0.25) is 0 Å². The van der Waals surface area contributed by atoms with E-state index in [2.05, 4.69) is 0 Å². The predicted octanol–water partition coefficient (Wildman–Crippen LogP) is 5.90. The summed E-state index contributed by atoms with van der Waals surface area (Å²) in [4.78, 5) is 36.2. The van der Waals surface area contributed by atoms with Crippen molar-refractivity contribution in [2.45, 2.75) is 78.9 Å². The summed E-state index contributed by atoms with van der Waals surface area (Å²) in [6.45, 7) is 12.9. The van der Waals surface area contributed by atoms with Crippen molar-refractivity contribution in [1.29, 1.82) is 0 Å². The Morgan fingerprint density at radius 3 is 1.91 bits per heavy atom. The zero-order valence-electron chi connectivity index (χ0n) is 20.9. The van der Waals surface area contributed by atoms with E-state index in [0.717, 1.165) is 29.4 Å². The normalized spacial score (nSPS) is 12.7. The van der Waals surface area contributed by atoms with Gasteiger partial charge in [-0.25, -0.2) is 9.59 Å². The quantitative estimate of drug-likeness (QED) is 0.369. The third-order valence-electron chi connectivity index (χ3n) is 4.99. The zero-order chi connectivity index (χ0) is 24.8. The number of hydrogen-bond acceptors (Lipinski definition) is 5. The molecule has 0 bridgehead atoms. The Morgan fingerprint density at radius 2 is 1.39 bits per heavy atom. The molecule has 5 nitrogen and oxygen atoms in total. The van der Waals surface area contributed by atoms with Gasteiger partial charge in [0.05, 0.1) is 11.1 Å². The molecule has 0 aliphatic carbocycles. The molecule has 2 aromatic rings. The maximum atomic E-state index is 12.4. The highest BCUT2D eigenvalue weighted by molar-refractivity contribution is 5.91. The van der Waals surface area contributed by atoms with Gasteiger partial charge >= 0.3 is 11.9 Å². The molecular weight excluding hydrogens is 416 g/mol. The van der Waals surface area contributed by atoms with Crippen LogP contribution in [-0.2, 0) is 27.1 Å². The van der Waals surface area contributed by atoms with Crippen molar-refractivity contribution in [2.24, 2.45) is 5.92 Å². The summed E-state index contributed by atoms with van der Waals surface area (Å²) in [5.41, 5.74) is 2.89. The monoisotopic (exact) mass is 452 g/mol. The summed E-state index contributed by atoms with van der Waals surface area (Å²) in [5, 5.41) is 0. The van der Waals surface area contributed by atoms with E-state index in [1.807, 2.05) is 72.7 Å². The third-order valence-corrected chi connectivity index (χ3v) is 4.99. The minimum absolute atomic E-state index is 0.137.